The Hall–Kier alpha value is -2.15. The number of halogens is 2. The molecule has 0 saturated heterocycles. The van der Waals surface area contributed by atoms with E-state index in [4.69, 9.17) is 16.3 Å². The van der Waals surface area contributed by atoms with Crippen LogP contribution in [0.2, 0.25) is 5.02 Å². The molecule has 1 aromatic heterocycles. The zero-order valence-corrected chi connectivity index (χ0v) is 9.89. The van der Waals surface area contributed by atoms with E-state index in [1.807, 2.05) is 0 Å². The van der Waals surface area contributed by atoms with Gasteiger partial charge in [0, 0.05) is 31.4 Å². The van der Waals surface area contributed by atoms with Gasteiger partial charge in [-0.3, -0.25) is 14.8 Å². The second-order valence-corrected chi connectivity index (χ2v) is 3.83. The van der Waals surface area contributed by atoms with Crippen LogP contribution in [0, 0.1) is 15.9 Å². The summed E-state index contributed by atoms with van der Waals surface area (Å²) < 4.78 is 20.1. The van der Waals surface area contributed by atoms with Crippen molar-refractivity contribution in [2.75, 3.05) is 0 Å². The van der Waals surface area contributed by atoms with Crippen LogP contribution in [0.5, 0.6) is 11.6 Å². The molecule has 1 heterocycles. The first kappa shape index (κ1) is 12.3. The minimum Gasteiger partial charge on any atom is -0.436 e. The number of nitrogens with zero attached hydrogens (tertiary/aromatic N) is 3. The zero-order chi connectivity index (χ0) is 13.3. The smallest absolute Gasteiger partial charge is 0.306 e. The molecule has 0 spiro atoms. The minimum atomic E-state index is -1.02. The third-order valence-corrected chi connectivity index (χ3v) is 2.40. The third-order valence-electron chi connectivity index (χ3n) is 2.10. The van der Waals surface area contributed by atoms with Crippen LogP contribution in [-0.2, 0) is 7.05 Å². The van der Waals surface area contributed by atoms with Gasteiger partial charge in [0.25, 0.3) is 0 Å². The first-order chi connectivity index (χ1) is 8.47. The van der Waals surface area contributed by atoms with Crippen molar-refractivity contribution in [2.45, 2.75) is 0 Å². The maximum Gasteiger partial charge on any atom is 0.306 e. The summed E-state index contributed by atoms with van der Waals surface area (Å²) in [5.74, 6) is -0.832. The van der Waals surface area contributed by atoms with Crippen molar-refractivity contribution in [1.82, 2.24) is 9.78 Å². The molecule has 8 heteroatoms. The fourth-order valence-corrected chi connectivity index (χ4v) is 1.49. The predicted molar refractivity (Wildman–Crippen MR) is 61.3 cm³/mol. The molecular formula is C10H7ClFN3O3. The number of hydrogen-bond acceptors (Lipinski definition) is 4. The van der Waals surface area contributed by atoms with Crippen molar-refractivity contribution in [1.29, 1.82) is 0 Å². The highest BCUT2D eigenvalue weighted by Crippen LogP contribution is 2.33. The highest BCUT2D eigenvalue weighted by atomic mass is 35.5. The van der Waals surface area contributed by atoms with Crippen LogP contribution in [-0.4, -0.2) is 14.7 Å². The van der Waals surface area contributed by atoms with Gasteiger partial charge in [-0.1, -0.05) is 11.6 Å². The maximum absolute atomic E-state index is 13.4. The highest BCUT2D eigenvalue weighted by Gasteiger charge is 2.19. The van der Waals surface area contributed by atoms with E-state index >= 15 is 0 Å². The van der Waals surface area contributed by atoms with Gasteiger partial charge in [-0.2, -0.15) is 4.39 Å². The third kappa shape index (κ3) is 2.40. The number of ether oxygens (including phenoxy) is 1. The molecule has 2 aromatic rings. The van der Waals surface area contributed by atoms with Gasteiger partial charge < -0.3 is 4.74 Å². The fraction of sp³-hybridized carbons (Fsp3) is 0.100. The van der Waals surface area contributed by atoms with Gasteiger partial charge in [0.1, 0.15) is 0 Å². The lowest BCUT2D eigenvalue weighted by Crippen LogP contribution is -1.95. The monoisotopic (exact) mass is 271 g/mol. The topological polar surface area (TPSA) is 70.2 Å². The first-order valence-electron chi connectivity index (χ1n) is 4.78. The van der Waals surface area contributed by atoms with Crippen LogP contribution < -0.4 is 4.74 Å². The van der Waals surface area contributed by atoms with Crippen molar-refractivity contribution in [3.63, 3.8) is 0 Å². The molecule has 0 radical (unpaired) electrons. The number of nitro groups is 1. The summed E-state index contributed by atoms with van der Waals surface area (Å²) in [6.45, 7) is 0. The molecule has 0 amide bonds. The maximum atomic E-state index is 13.4. The van der Waals surface area contributed by atoms with E-state index in [0.717, 1.165) is 12.1 Å². The van der Waals surface area contributed by atoms with Gasteiger partial charge in [-0.15, -0.1) is 5.10 Å². The first-order valence-corrected chi connectivity index (χ1v) is 5.16. The molecule has 0 saturated carbocycles. The van der Waals surface area contributed by atoms with E-state index in [0.29, 0.717) is 0 Å². The number of hydrogen-bond donors (Lipinski definition) is 0. The van der Waals surface area contributed by atoms with E-state index in [1.165, 1.54) is 4.68 Å². The summed E-state index contributed by atoms with van der Waals surface area (Å²) in [6.07, 6.45) is 1.63. The van der Waals surface area contributed by atoms with E-state index in [9.17, 15) is 14.5 Å². The summed E-state index contributed by atoms with van der Waals surface area (Å²) in [4.78, 5) is 9.64. The Labute approximate surface area is 106 Å². The van der Waals surface area contributed by atoms with Crippen LogP contribution in [0.25, 0.3) is 0 Å². The van der Waals surface area contributed by atoms with Crippen molar-refractivity contribution < 1.29 is 14.1 Å². The van der Waals surface area contributed by atoms with Crippen molar-refractivity contribution in [2.24, 2.45) is 7.05 Å². The molecule has 0 aliphatic carbocycles. The van der Waals surface area contributed by atoms with Crippen LogP contribution in [0.1, 0.15) is 0 Å². The Morgan fingerprint density at radius 2 is 2.28 bits per heavy atom. The number of aryl methyl sites for hydroxylation is 1. The molecule has 0 aliphatic rings. The lowest BCUT2D eigenvalue weighted by Gasteiger charge is -2.04. The fourth-order valence-electron chi connectivity index (χ4n) is 1.30. The standard InChI is InChI=1S/C10H7ClFN3O3/c1-14-3-2-10(13-14)18-9-5-7(12)8(15(16)17)4-6(9)11/h2-5H,1H3. The number of benzene rings is 1. The second-order valence-electron chi connectivity index (χ2n) is 3.42. The van der Waals surface area contributed by atoms with Crippen LogP contribution >= 0.6 is 11.6 Å². The normalized spacial score (nSPS) is 10.4. The van der Waals surface area contributed by atoms with Crippen LogP contribution in [0.3, 0.4) is 0 Å². The summed E-state index contributed by atoms with van der Waals surface area (Å²) in [7, 11) is 1.69. The quantitative estimate of drug-likeness (QED) is 0.636. The lowest BCUT2D eigenvalue weighted by atomic mass is 10.3. The van der Waals surface area contributed by atoms with Gasteiger partial charge in [-0.05, 0) is 0 Å². The Morgan fingerprint density at radius 3 is 2.83 bits per heavy atom. The largest absolute Gasteiger partial charge is 0.436 e. The Kier molecular flexibility index (Phi) is 3.15. The van der Waals surface area contributed by atoms with Gasteiger partial charge in [0.15, 0.2) is 5.75 Å². The van der Waals surface area contributed by atoms with Crippen LogP contribution in [0.15, 0.2) is 24.4 Å². The summed E-state index contributed by atoms with van der Waals surface area (Å²) >= 11 is 5.77. The molecule has 2 rings (SSSR count). The molecule has 6 nitrogen and oxygen atoms in total. The Balaban J connectivity index is 2.35. The van der Waals surface area contributed by atoms with Crippen molar-refractivity contribution in [3.05, 3.63) is 45.4 Å². The molecular weight excluding hydrogens is 265 g/mol. The predicted octanol–water partition coefficient (Wildman–Crippen LogP) is 2.91. The van der Waals surface area contributed by atoms with E-state index in [1.54, 1.807) is 19.3 Å². The molecule has 18 heavy (non-hydrogen) atoms. The number of aromatic nitrogens is 2. The summed E-state index contributed by atoms with van der Waals surface area (Å²) in [6, 6.07) is 3.31. The molecule has 0 atom stereocenters. The molecule has 0 fully saturated rings. The molecule has 94 valence electrons. The molecule has 0 unspecified atom stereocenters. The van der Waals surface area contributed by atoms with E-state index in [-0.39, 0.29) is 16.7 Å². The van der Waals surface area contributed by atoms with Gasteiger partial charge in [-0.25, -0.2) is 0 Å². The highest BCUT2D eigenvalue weighted by molar-refractivity contribution is 6.32. The minimum absolute atomic E-state index is 0.0292. The van der Waals surface area contributed by atoms with Crippen molar-refractivity contribution >= 4 is 17.3 Å². The average molecular weight is 272 g/mol. The molecule has 0 bridgehead atoms. The molecule has 0 N–H and O–H groups in total. The second kappa shape index (κ2) is 4.61. The number of nitro benzene ring substituents is 1. The van der Waals surface area contributed by atoms with E-state index < -0.39 is 16.4 Å². The summed E-state index contributed by atoms with van der Waals surface area (Å²) in [5, 5.41) is 14.3. The zero-order valence-electron chi connectivity index (χ0n) is 9.13. The van der Waals surface area contributed by atoms with E-state index in [2.05, 4.69) is 5.10 Å². The lowest BCUT2D eigenvalue weighted by molar-refractivity contribution is -0.387. The van der Waals surface area contributed by atoms with Crippen LogP contribution in [0.4, 0.5) is 10.1 Å². The summed E-state index contributed by atoms with van der Waals surface area (Å²) in [5.41, 5.74) is -0.701. The van der Waals surface area contributed by atoms with Gasteiger partial charge >= 0.3 is 5.69 Å². The van der Waals surface area contributed by atoms with Gasteiger partial charge in [0.2, 0.25) is 11.7 Å². The molecule has 0 aliphatic heterocycles. The Bertz CT molecular complexity index is 614. The van der Waals surface area contributed by atoms with Gasteiger partial charge in [0.05, 0.1) is 9.95 Å². The molecule has 1 aromatic carbocycles. The Morgan fingerprint density at radius 1 is 1.56 bits per heavy atom. The van der Waals surface area contributed by atoms with Crippen molar-refractivity contribution in [3.8, 4) is 11.6 Å². The average Bonchev–Trinajstić information content (AvgIpc) is 2.68. The number of rotatable bonds is 3. The SMILES string of the molecule is Cn1ccc(Oc2cc(F)c([N+](=O)[O-])cc2Cl)n1.